The molecule has 4 aromatic rings. The summed E-state index contributed by atoms with van der Waals surface area (Å²) >= 11 is 0. The van der Waals surface area contributed by atoms with E-state index in [2.05, 4.69) is 70.3 Å². The number of benzene rings is 3. The third-order valence-electron chi connectivity index (χ3n) is 7.16. The van der Waals surface area contributed by atoms with Gasteiger partial charge >= 0.3 is 0 Å². The Hall–Kier alpha value is -3.20. The molecule has 1 atom stereocenters. The predicted octanol–water partition coefficient (Wildman–Crippen LogP) is 8.38. The Balaban J connectivity index is 1.77. The van der Waals surface area contributed by atoms with Gasteiger partial charge in [0.25, 0.3) is 0 Å². The van der Waals surface area contributed by atoms with Crippen molar-refractivity contribution in [3.8, 4) is 6.07 Å². The first-order chi connectivity index (χ1) is 16.6. The molecule has 180 valence electrons. The Labute approximate surface area is 208 Å². The van der Waals surface area contributed by atoms with Crippen molar-refractivity contribution in [2.24, 2.45) is 0 Å². The van der Waals surface area contributed by atoms with Gasteiger partial charge in [0.1, 0.15) is 11.2 Å². The Bertz CT molecular complexity index is 1390. The second-order valence-corrected chi connectivity index (χ2v) is 15.5. The molecule has 4 rings (SSSR count). The van der Waals surface area contributed by atoms with Gasteiger partial charge in [-0.3, -0.25) is 4.79 Å². The molecule has 1 heterocycles. The molecule has 1 unspecified atom stereocenters. The maximum absolute atomic E-state index is 12.5. The van der Waals surface area contributed by atoms with Crippen LogP contribution in [0.25, 0.3) is 21.9 Å². The molecule has 0 aliphatic carbocycles. The highest BCUT2D eigenvalue weighted by Crippen LogP contribution is 2.41. The zero-order chi connectivity index (χ0) is 25.2. The molecule has 0 aliphatic rings. The van der Waals surface area contributed by atoms with Crippen LogP contribution in [0.4, 0.5) is 0 Å². The monoisotopic (exact) mass is 483 g/mol. The summed E-state index contributed by atoms with van der Waals surface area (Å²) in [6, 6.07) is 24.3. The zero-order valence-corrected chi connectivity index (χ0v) is 22.2. The summed E-state index contributed by atoms with van der Waals surface area (Å²) in [7, 11) is -2.04. The predicted molar refractivity (Wildman–Crippen MR) is 144 cm³/mol. The number of hydrogen-bond donors (Lipinski definition) is 0. The van der Waals surface area contributed by atoms with Crippen LogP contribution >= 0.6 is 0 Å². The van der Waals surface area contributed by atoms with Gasteiger partial charge in [0.2, 0.25) is 0 Å². The molecule has 5 heteroatoms. The van der Waals surface area contributed by atoms with Gasteiger partial charge in [-0.2, -0.15) is 5.26 Å². The fourth-order valence-corrected chi connectivity index (χ4v) is 5.35. The summed E-state index contributed by atoms with van der Waals surface area (Å²) < 4.78 is 13.0. The van der Waals surface area contributed by atoms with E-state index in [1.807, 2.05) is 30.3 Å². The van der Waals surface area contributed by atoms with Crippen molar-refractivity contribution in [3.05, 3.63) is 83.4 Å². The van der Waals surface area contributed by atoms with Gasteiger partial charge in [0.15, 0.2) is 14.1 Å². The van der Waals surface area contributed by atoms with Gasteiger partial charge < -0.3 is 8.84 Å². The minimum absolute atomic E-state index is 0.0258. The van der Waals surface area contributed by atoms with Gasteiger partial charge in [-0.25, -0.2) is 0 Å². The number of carbonyl (C=O) groups excluding carboxylic acids is 1. The van der Waals surface area contributed by atoms with Crippen LogP contribution in [-0.4, -0.2) is 14.1 Å². The number of fused-ring (bicyclic) bond motifs is 3. The third kappa shape index (κ3) is 5.40. The van der Waals surface area contributed by atoms with Crippen LogP contribution < -0.4 is 0 Å². The van der Waals surface area contributed by atoms with Gasteiger partial charge in [-0.15, -0.1) is 0 Å². The number of furan rings is 1. The van der Waals surface area contributed by atoms with E-state index in [9.17, 15) is 4.79 Å². The van der Waals surface area contributed by atoms with Crippen LogP contribution in [0.3, 0.4) is 0 Å². The maximum atomic E-state index is 12.5. The summed E-state index contributed by atoms with van der Waals surface area (Å²) in [5.41, 5.74) is 4.49. The van der Waals surface area contributed by atoms with Crippen molar-refractivity contribution < 1.29 is 13.6 Å². The van der Waals surface area contributed by atoms with Crippen molar-refractivity contribution in [1.82, 2.24) is 0 Å². The smallest absolute Gasteiger partial charge is 0.192 e. The molecular formula is C30H33NO3Si. The highest BCUT2D eigenvalue weighted by molar-refractivity contribution is 6.74. The molecule has 0 radical (unpaired) electrons. The Kier molecular flexibility index (Phi) is 6.98. The molecular weight excluding hydrogens is 450 g/mol. The van der Waals surface area contributed by atoms with Crippen molar-refractivity contribution in [3.63, 3.8) is 0 Å². The number of carbonyl (C=O) groups is 1. The SMILES string of the molecule is CC(C)(C)[Si](C)(C)OC(Cc1ccccc1)c1ccc2oc3ccc(C(=O)CCC#N)cc3c2c1. The van der Waals surface area contributed by atoms with Gasteiger partial charge in [-0.1, -0.05) is 57.2 Å². The van der Waals surface area contributed by atoms with Crippen molar-refractivity contribution in [1.29, 1.82) is 5.26 Å². The number of ketones is 1. The standard InChI is InChI=1S/C30H33NO3Si/c1-30(2,3)35(4,5)34-29(18-21-10-7-6-8-11-21)23-14-16-28-25(20-23)24-19-22(13-15-27(24)33-28)26(32)12-9-17-31/h6-8,10-11,13-16,19-20,29H,9,12,18H2,1-5H3. The molecule has 0 spiro atoms. The van der Waals surface area contributed by atoms with Crippen LogP contribution in [-0.2, 0) is 10.8 Å². The first-order valence-electron chi connectivity index (χ1n) is 12.2. The molecule has 0 aliphatic heterocycles. The van der Waals surface area contributed by atoms with E-state index in [-0.39, 0.29) is 29.8 Å². The lowest BCUT2D eigenvalue weighted by atomic mass is 9.99. The van der Waals surface area contributed by atoms with Crippen molar-refractivity contribution in [2.75, 3.05) is 0 Å². The summed E-state index contributed by atoms with van der Waals surface area (Å²) in [5, 5.41) is 10.8. The van der Waals surface area contributed by atoms with Gasteiger partial charge in [0, 0.05) is 35.6 Å². The Morgan fingerprint density at radius 3 is 2.31 bits per heavy atom. The van der Waals surface area contributed by atoms with Crippen LogP contribution in [0.2, 0.25) is 18.1 Å². The Morgan fingerprint density at radius 2 is 1.66 bits per heavy atom. The Morgan fingerprint density at radius 1 is 1.00 bits per heavy atom. The van der Waals surface area contributed by atoms with E-state index in [1.165, 1.54) is 5.56 Å². The lowest BCUT2D eigenvalue weighted by Gasteiger charge is -2.39. The third-order valence-corrected chi connectivity index (χ3v) is 11.6. The molecule has 0 saturated carbocycles. The van der Waals surface area contributed by atoms with Crippen LogP contribution in [0, 0.1) is 11.3 Å². The second kappa shape index (κ2) is 9.81. The minimum Gasteiger partial charge on any atom is -0.456 e. The fraction of sp³-hybridized carbons (Fsp3) is 0.333. The fourth-order valence-electron chi connectivity index (χ4n) is 4.07. The number of nitriles is 1. The summed E-state index contributed by atoms with van der Waals surface area (Å²) in [6.07, 6.45) is 1.14. The van der Waals surface area contributed by atoms with E-state index in [4.69, 9.17) is 14.1 Å². The summed E-state index contributed by atoms with van der Waals surface area (Å²) in [6.45, 7) is 11.4. The molecule has 0 bridgehead atoms. The van der Waals surface area contributed by atoms with E-state index in [0.29, 0.717) is 5.56 Å². The molecule has 35 heavy (non-hydrogen) atoms. The highest BCUT2D eigenvalue weighted by Gasteiger charge is 2.39. The molecule has 0 N–H and O–H groups in total. The zero-order valence-electron chi connectivity index (χ0n) is 21.2. The topological polar surface area (TPSA) is 63.2 Å². The largest absolute Gasteiger partial charge is 0.456 e. The van der Waals surface area contributed by atoms with Crippen LogP contribution in [0.15, 0.2) is 71.1 Å². The summed E-state index contributed by atoms with van der Waals surface area (Å²) in [5.74, 6) is -0.0258. The van der Waals surface area contributed by atoms with Gasteiger partial charge in [0.05, 0.1) is 12.2 Å². The highest BCUT2D eigenvalue weighted by atomic mass is 28.4. The number of hydrogen-bond acceptors (Lipinski definition) is 4. The molecule has 3 aromatic carbocycles. The van der Waals surface area contributed by atoms with E-state index >= 15 is 0 Å². The second-order valence-electron chi connectivity index (χ2n) is 10.7. The quantitative estimate of drug-likeness (QED) is 0.186. The number of Topliss-reactive ketones (excluding diaryl/α,β-unsaturated/α-hetero) is 1. The maximum Gasteiger partial charge on any atom is 0.192 e. The molecule has 0 saturated heterocycles. The van der Waals surface area contributed by atoms with Crippen molar-refractivity contribution >= 4 is 36.0 Å². The average molecular weight is 484 g/mol. The first kappa shape index (κ1) is 24.9. The minimum atomic E-state index is -2.04. The molecule has 0 fully saturated rings. The van der Waals surface area contributed by atoms with Crippen LogP contribution in [0.5, 0.6) is 0 Å². The van der Waals surface area contributed by atoms with Crippen molar-refractivity contribution in [2.45, 2.75) is 64.3 Å². The van der Waals surface area contributed by atoms with E-state index < -0.39 is 8.32 Å². The lowest BCUT2D eigenvalue weighted by Crippen LogP contribution is -2.42. The molecule has 0 amide bonds. The van der Waals surface area contributed by atoms with Gasteiger partial charge in [-0.05, 0) is 59.6 Å². The number of rotatable bonds is 8. The molecule has 4 nitrogen and oxygen atoms in total. The molecule has 1 aromatic heterocycles. The first-order valence-corrected chi connectivity index (χ1v) is 15.1. The van der Waals surface area contributed by atoms with Crippen LogP contribution in [0.1, 0.15) is 61.2 Å². The summed E-state index contributed by atoms with van der Waals surface area (Å²) in [4.78, 5) is 12.5. The lowest BCUT2D eigenvalue weighted by molar-refractivity contribution is 0.0984. The van der Waals surface area contributed by atoms with E-state index in [0.717, 1.165) is 33.9 Å². The number of nitrogens with zero attached hydrogens (tertiary/aromatic N) is 1. The van der Waals surface area contributed by atoms with E-state index in [1.54, 1.807) is 6.07 Å². The normalized spacial score (nSPS) is 13.1. The average Bonchev–Trinajstić information content (AvgIpc) is 3.19.